The van der Waals surface area contributed by atoms with Crippen LogP contribution in [0.2, 0.25) is 0 Å². The van der Waals surface area contributed by atoms with Gasteiger partial charge in [0.1, 0.15) is 0 Å². The molecule has 0 saturated heterocycles. The van der Waals surface area contributed by atoms with Gasteiger partial charge in [0.05, 0.1) is 11.0 Å². The van der Waals surface area contributed by atoms with E-state index in [-0.39, 0.29) is 0 Å². The van der Waals surface area contributed by atoms with E-state index in [1.807, 2.05) is 0 Å². The fraction of sp³-hybridized carbons (Fsp3) is 0.0526. The molecule has 0 unspecified atom stereocenters. The van der Waals surface area contributed by atoms with Crippen LogP contribution in [0.15, 0.2) is 66.7 Å². The molecule has 0 spiro atoms. The maximum atomic E-state index is 2.38. The molecule has 0 aliphatic heterocycles. The van der Waals surface area contributed by atoms with Gasteiger partial charge in [-0.05, 0) is 72.0 Å². The third kappa shape index (κ3) is 2.05. The molecule has 4 rings (SSSR count). The van der Waals surface area contributed by atoms with Gasteiger partial charge in [0.25, 0.3) is 0 Å². The Labute approximate surface area is 137 Å². The summed E-state index contributed by atoms with van der Waals surface area (Å²) in [6.45, 7) is 2.15. The summed E-state index contributed by atoms with van der Waals surface area (Å²) in [5.41, 5.74) is 5.04. The van der Waals surface area contributed by atoms with Crippen LogP contribution >= 0.6 is 22.6 Å². The van der Waals surface area contributed by atoms with Crippen molar-refractivity contribution in [3.05, 3.63) is 75.9 Å². The number of aryl methyl sites for hydroxylation is 1. The second-order valence-corrected chi connectivity index (χ2v) is 6.60. The van der Waals surface area contributed by atoms with E-state index >= 15 is 0 Å². The number of halogens is 1. The highest BCUT2D eigenvalue weighted by atomic mass is 127. The van der Waals surface area contributed by atoms with Gasteiger partial charge in [0, 0.05) is 20.0 Å². The molecule has 4 aromatic rings. The maximum absolute atomic E-state index is 2.38. The van der Waals surface area contributed by atoms with Crippen molar-refractivity contribution in [2.24, 2.45) is 0 Å². The molecule has 21 heavy (non-hydrogen) atoms. The summed E-state index contributed by atoms with van der Waals surface area (Å²) in [6, 6.07) is 23.9. The Kier molecular flexibility index (Phi) is 3.00. The predicted molar refractivity (Wildman–Crippen MR) is 98.2 cm³/mol. The van der Waals surface area contributed by atoms with Gasteiger partial charge < -0.3 is 4.57 Å². The number of para-hydroxylation sites is 1. The van der Waals surface area contributed by atoms with Crippen molar-refractivity contribution in [3.63, 3.8) is 0 Å². The Morgan fingerprint density at radius 2 is 1.43 bits per heavy atom. The number of aromatic nitrogens is 1. The third-order valence-electron chi connectivity index (χ3n) is 3.90. The van der Waals surface area contributed by atoms with Crippen molar-refractivity contribution in [1.29, 1.82) is 0 Å². The van der Waals surface area contributed by atoms with E-state index in [0.717, 1.165) is 0 Å². The number of benzene rings is 3. The maximum Gasteiger partial charge on any atom is 0.0541 e. The fourth-order valence-electron chi connectivity index (χ4n) is 2.96. The van der Waals surface area contributed by atoms with E-state index < -0.39 is 0 Å². The molecule has 0 radical (unpaired) electrons. The number of hydrogen-bond donors (Lipinski definition) is 0. The van der Waals surface area contributed by atoms with Crippen molar-refractivity contribution in [3.8, 4) is 5.69 Å². The lowest BCUT2D eigenvalue weighted by atomic mass is 10.1. The first-order valence-corrected chi connectivity index (χ1v) is 8.08. The summed E-state index contributed by atoms with van der Waals surface area (Å²) in [5.74, 6) is 0. The Hall–Kier alpha value is -1.81. The molecule has 1 aromatic heterocycles. The van der Waals surface area contributed by atoms with Gasteiger partial charge in [-0.25, -0.2) is 0 Å². The van der Waals surface area contributed by atoms with Crippen LogP contribution in [-0.2, 0) is 0 Å². The molecule has 102 valence electrons. The molecule has 1 nitrogen and oxygen atoms in total. The highest BCUT2D eigenvalue weighted by Crippen LogP contribution is 2.33. The van der Waals surface area contributed by atoms with Gasteiger partial charge in [-0.1, -0.05) is 29.8 Å². The Morgan fingerprint density at radius 1 is 0.762 bits per heavy atom. The lowest BCUT2D eigenvalue weighted by Gasteiger charge is -2.07. The number of rotatable bonds is 1. The SMILES string of the molecule is Cc1ccc2c(c1)c1cc(I)ccc1n2-c1ccccc1. The molecule has 2 heteroatoms. The van der Waals surface area contributed by atoms with Crippen LogP contribution in [0.3, 0.4) is 0 Å². The molecular weight excluding hydrogens is 369 g/mol. The normalized spacial score (nSPS) is 11.3. The number of hydrogen-bond acceptors (Lipinski definition) is 0. The van der Waals surface area contributed by atoms with E-state index in [1.54, 1.807) is 0 Å². The second kappa shape index (κ2) is 4.88. The molecule has 0 atom stereocenters. The lowest BCUT2D eigenvalue weighted by Crippen LogP contribution is -1.92. The highest BCUT2D eigenvalue weighted by molar-refractivity contribution is 14.1. The van der Waals surface area contributed by atoms with Crippen LogP contribution in [0.5, 0.6) is 0 Å². The molecule has 0 N–H and O–H groups in total. The Morgan fingerprint density at radius 3 is 2.19 bits per heavy atom. The van der Waals surface area contributed by atoms with Crippen LogP contribution in [0, 0.1) is 10.5 Å². The molecule has 0 amide bonds. The molecule has 0 aliphatic carbocycles. The number of nitrogens with zero attached hydrogens (tertiary/aromatic N) is 1. The Bertz CT molecular complexity index is 892. The van der Waals surface area contributed by atoms with Gasteiger partial charge in [0.2, 0.25) is 0 Å². The van der Waals surface area contributed by atoms with Gasteiger partial charge >= 0.3 is 0 Å². The molecule has 1 heterocycles. The van der Waals surface area contributed by atoms with Gasteiger partial charge in [-0.2, -0.15) is 0 Å². The largest absolute Gasteiger partial charge is 0.309 e. The van der Waals surface area contributed by atoms with Crippen LogP contribution in [-0.4, -0.2) is 4.57 Å². The van der Waals surface area contributed by atoms with Crippen molar-refractivity contribution in [1.82, 2.24) is 4.57 Å². The Balaban J connectivity index is 2.22. The first kappa shape index (κ1) is 12.9. The van der Waals surface area contributed by atoms with Crippen LogP contribution in [0.1, 0.15) is 5.56 Å². The molecule has 3 aromatic carbocycles. The highest BCUT2D eigenvalue weighted by Gasteiger charge is 2.12. The molecule has 0 aliphatic rings. The average Bonchev–Trinajstić information content (AvgIpc) is 2.81. The minimum absolute atomic E-state index is 1.21. The summed E-state index contributed by atoms with van der Waals surface area (Å²) in [6.07, 6.45) is 0. The summed E-state index contributed by atoms with van der Waals surface area (Å²) < 4.78 is 3.62. The zero-order valence-corrected chi connectivity index (χ0v) is 13.8. The average molecular weight is 383 g/mol. The molecular formula is C19H14IN. The van der Waals surface area contributed by atoms with Gasteiger partial charge in [-0.3, -0.25) is 0 Å². The topological polar surface area (TPSA) is 4.93 Å². The van der Waals surface area contributed by atoms with E-state index in [1.165, 1.54) is 36.6 Å². The first-order valence-electron chi connectivity index (χ1n) is 7.00. The standard InChI is InChI=1S/C19H14IN/c1-13-7-9-18-16(11-13)17-12-14(20)8-10-19(17)21(18)15-5-3-2-4-6-15/h2-12H,1H3. The smallest absolute Gasteiger partial charge is 0.0541 e. The predicted octanol–water partition coefficient (Wildman–Crippen LogP) is 5.70. The summed E-state index contributed by atoms with van der Waals surface area (Å²) in [4.78, 5) is 0. The van der Waals surface area contributed by atoms with Crippen LogP contribution < -0.4 is 0 Å². The van der Waals surface area contributed by atoms with Gasteiger partial charge in [-0.15, -0.1) is 0 Å². The van der Waals surface area contributed by atoms with E-state index in [9.17, 15) is 0 Å². The third-order valence-corrected chi connectivity index (χ3v) is 4.57. The molecule has 0 bridgehead atoms. The second-order valence-electron chi connectivity index (χ2n) is 5.35. The summed E-state index contributed by atoms with van der Waals surface area (Å²) in [7, 11) is 0. The fourth-order valence-corrected chi connectivity index (χ4v) is 3.46. The lowest BCUT2D eigenvalue weighted by molar-refractivity contribution is 1.18. The van der Waals surface area contributed by atoms with E-state index in [2.05, 4.69) is 101 Å². The van der Waals surface area contributed by atoms with E-state index in [0.29, 0.717) is 0 Å². The minimum atomic E-state index is 1.21. The van der Waals surface area contributed by atoms with Crippen molar-refractivity contribution >= 4 is 44.4 Å². The number of fused-ring (bicyclic) bond motifs is 3. The monoisotopic (exact) mass is 383 g/mol. The summed E-state index contributed by atoms with van der Waals surface area (Å²) >= 11 is 2.38. The zero-order chi connectivity index (χ0) is 14.4. The van der Waals surface area contributed by atoms with Crippen molar-refractivity contribution < 1.29 is 0 Å². The quantitative estimate of drug-likeness (QED) is 0.372. The van der Waals surface area contributed by atoms with Crippen LogP contribution in [0.25, 0.3) is 27.5 Å². The van der Waals surface area contributed by atoms with Crippen molar-refractivity contribution in [2.45, 2.75) is 6.92 Å². The van der Waals surface area contributed by atoms with Gasteiger partial charge in [0.15, 0.2) is 0 Å². The molecule has 0 fully saturated rings. The van der Waals surface area contributed by atoms with Crippen molar-refractivity contribution in [2.75, 3.05) is 0 Å². The van der Waals surface area contributed by atoms with Crippen LogP contribution in [0.4, 0.5) is 0 Å². The minimum Gasteiger partial charge on any atom is -0.309 e. The molecule has 0 saturated carbocycles. The van der Waals surface area contributed by atoms with E-state index in [4.69, 9.17) is 0 Å². The summed E-state index contributed by atoms with van der Waals surface area (Å²) in [5, 5.41) is 2.65. The zero-order valence-electron chi connectivity index (χ0n) is 11.7. The first-order chi connectivity index (χ1) is 10.2.